The van der Waals surface area contributed by atoms with E-state index in [0.717, 1.165) is 5.56 Å². The molecule has 2 aromatic carbocycles. The zero-order chi connectivity index (χ0) is 15.1. The van der Waals surface area contributed by atoms with Gasteiger partial charge in [0.05, 0.1) is 13.4 Å². The van der Waals surface area contributed by atoms with Crippen LogP contribution in [0.2, 0.25) is 0 Å². The fourth-order valence-corrected chi connectivity index (χ4v) is 1.90. The van der Waals surface area contributed by atoms with Crippen molar-refractivity contribution in [2.75, 3.05) is 7.11 Å². The molecule has 0 radical (unpaired) electrons. The molecule has 2 aromatic rings. The summed E-state index contributed by atoms with van der Waals surface area (Å²) in [6, 6.07) is 16.7. The minimum absolute atomic E-state index is 0.0566. The van der Waals surface area contributed by atoms with Crippen molar-refractivity contribution in [3.8, 4) is 5.75 Å². The maximum atomic E-state index is 11.3. The van der Waals surface area contributed by atoms with Gasteiger partial charge in [-0.1, -0.05) is 48.5 Å². The summed E-state index contributed by atoms with van der Waals surface area (Å²) in [5.74, 6) is -0.556. The third-order valence-electron chi connectivity index (χ3n) is 2.88. The molecule has 0 spiro atoms. The number of benzene rings is 2. The minimum Gasteiger partial charge on any atom is -0.503 e. The Morgan fingerprint density at radius 2 is 1.76 bits per heavy atom. The zero-order valence-electron chi connectivity index (χ0n) is 11.7. The lowest BCUT2D eigenvalue weighted by Crippen LogP contribution is -2.04. The highest BCUT2D eigenvalue weighted by Gasteiger charge is 2.15. The number of hydrogen-bond donors (Lipinski definition) is 1. The molecular formula is C17H16O4. The SMILES string of the molecule is COC=C(C(=O)O)c1ccccc1OCc1ccccc1. The van der Waals surface area contributed by atoms with E-state index in [0.29, 0.717) is 17.9 Å². The predicted molar refractivity (Wildman–Crippen MR) is 79.8 cm³/mol. The standard InChI is InChI=1S/C17H16O4/c1-20-12-15(17(18)19)14-9-5-6-10-16(14)21-11-13-7-3-2-4-8-13/h2-10,12H,11H2,1H3,(H,18,19). The average Bonchev–Trinajstić information content (AvgIpc) is 2.52. The smallest absolute Gasteiger partial charge is 0.339 e. The molecule has 108 valence electrons. The Labute approximate surface area is 123 Å². The Morgan fingerprint density at radius 3 is 2.43 bits per heavy atom. The Morgan fingerprint density at radius 1 is 1.10 bits per heavy atom. The number of ether oxygens (including phenoxy) is 2. The number of methoxy groups -OCH3 is 1. The number of para-hydroxylation sites is 1. The number of carboxylic acids is 1. The second-order valence-corrected chi connectivity index (χ2v) is 4.34. The van der Waals surface area contributed by atoms with Crippen LogP contribution in [-0.4, -0.2) is 18.2 Å². The molecule has 2 rings (SSSR count). The van der Waals surface area contributed by atoms with Crippen LogP contribution in [0.15, 0.2) is 60.9 Å². The Balaban J connectivity index is 2.24. The van der Waals surface area contributed by atoms with Crippen LogP contribution in [0.1, 0.15) is 11.1 Å². The van der Waals surface area contributed by atoms with Crippen LogP contribution in [-0.2, 0) is 16.1 Å². The van der Waals surface area contributed by atoms with Crippen molar-refractivity contribution in [1.82, 2.24) is 0 Å². The third-order valence-corrected chi connectivity index (χ3v) is 2.88. The van der Waals surface area contributed by atoms with E-state index in [1.54, 1.807) is 24.3 Å². The van der Waals surface area contributed by atoms with Crippen molar-refractivity contribution in [2.45, 2.75) is 6.61 Å². The van der Waals surface area contributed by atoms with Gasteiger partial charge in [-0.2, -0.15) is 0 Å². The molecule has 0 atom stereocenters. The van der Waals surface area contributed by atoms with Crippen molar-refractivity contribution in [1.29, 1.82) is 0 Å². The molecule has 0 aromatic heterocycles. The number of rotatable bonds is 6. The fourth-order valence-electron chi connectivity index (χ4n) is 1.90. The Kier molecular flexibility index (Phi) is 4.99. The van der Waals surface area contributed by atoms with Gasteiger partial charge in [0.15, 0.2) is 0 Å². The molecule has 0 aliphatic heterocycles. The minimum atomic E-state index is -1.06. The molecule has 1 N–H and O–H groups in total. The summed E-state index contributed by atoms with van der Waals surface area (Å²) >= 11 is 0. The van der Waals surface area contributed by atoms with Gasteiger partial charge in [-0.15, -0.1) is 0 Å². The van der Waals surface area contributed by atoms with E-state index in [4.69, 9.17) is 9.47 Å². The quantitative estimate of drug-likeness (QED) is 0.653. The molecule has 0 aliphatic rings. The fraction of sp³-hybridized carbons (Fsp3) is 0.118. The maximum Gasteiger partial charge on any atom is 0.339 e. The topological polar surface area (TPSA) is 55.8 Å². The van der Waals surface area contributed by atoms with E-state index in [1.165, 1.54) is 13.4 Å². The average molecular weight is 284 g/mol. The highest BCUT2D eigenvalue weighted by atomic mass is 16.5. The van der Waals surface area contributed by atoms with Crippen molar-refractivity contribution in [3.05, 3.63) is 72.0 Å². The van der Waals surface area contributed by atoms with Crippen molar-refractivity contribution in [2.24, 2.45) is 0 Å². The highest BCUT2D eigenvalue weighted by Crippen LogP contribution is 2.27. The van der Waals surface area contributed by atoms with E-state index in [1.807, 2.05) is 30.3 Å². The number of hydrogen-bond acceptors (Lipinski definition) is 3. The first-order valence-corrected chi connectivity index (χ1v) is 6.44. The first kappa shape index (κ1) is 14.7. The molecule has 0 aliphatic carbocycles. The molecule has 4 heteroatoms. The van der Waals surface area contributed by atoms with Gasteiger partial charge in [-0.3, -0.25) is 0 Å². The summed E-state index contributed by atoms with van der Waals surface area (Å²) in [5.41, 5.74) is 1.56. The Hall–Kier alpha value is -2.75. The van der Waals surface area contributed by atoms with E-state index < -0.39 is 5.97 Å². The molecule has 0 bridgehead atoms. The van der Waals surface area contributed by atoms with Crippen molar-refractivity contribution >= 4 is 11.5 Å². The summed E-state index contributed by atoms with van der Waals surface area (Å²) in [6.07, 6.45) is 1.20. The van der Waals surface area contributed by atoms with Gasteiger partial charge in [0.25, 0.3) is 0 Å². The van der Waals surface area contributed by atoms with Crippen molar-refractivity contribution in [3.63, 3.8) is 0 Å². The highest BCUT2D eigenvalue weighted by molar-refractivity contribution is 6.15. The number of carboxylic acid groups (broad SMARTS) is 1. The van der Waals surface area contributed by atoms with Gasteiger partial charge in [-0.05, 0) is 11.6 Å². The van der Waals surface area contributed by atoms with Crippen LogP contribution in [0.25, 0.3) is 5.57 Å². The van der Waals surface area contributed by atoms with E-state index >= 15 is 0 Å². The first-order valence-electron chi connectivity index (χ1n) is 6.44. The third kappa shape index (κ3) is 3.86. The number of aliphatic carboxylic acids is 1. The maximum absolute atomic E-state index is 11.3. The lowest BCUT2D eigenvalue weighted by Gasteiger charge is -2.12. The molecule has 0 saturated carbocycles. The molecule has 0 heterocycles. The van der Waals surface area contributed by atoms with Crippen LogP contribution < -0.4 is 4.74 Å². The predicted octanol–water partition coefficient (Wildman–Crippen LogP) is 3.34. The monoisotopic (exact) mass is 284 g/mol. The van der Waals surface area contributed by atoms with Gasteiger partial charge in [0.2, 0.25) is 0 Å². The zero-order valence-corrected chi connectivity index (χ0v) is 11.7. The lowest BCUT2D eigenvalue weighted by molar-refractivity contribution is -0.130. The van der Waals surface area contributed by atoms with Crippen LogP contribution in [0, 0.1) is 0 Å². The van der Waals surface area contributed by atoms with Crippen LogP contribution >= 0.6 is 0 Å². The van der Waals surface area contributed by atoms with Gasteiger partial charge >= 0.3 is 5.97 Å². The summed E-state index contributed by atoms with van der Waals surface area (Å²) < 4.78 is 10.6. The van der Waals surface area contributed by atoms with Crippen LogP contribution in [0.4, 0.5) is 0 Å². The van der Waals surface area contributed by atoms with Gasteiger partial charge < -0.3 is 14.6 Å². The normalized spacial score (nSPS) is 11.0. The summed E-state index contributed by atoms with van der Waals surface area (Å²) in [7, 11) is 1.41. The molecule has 4 nitrogen and oxygen atoms in total. The van der Waals surface area contributed by atoms with Gasteiger partial charge in [0, 0.05) is 5.56 Å². The molecular weight excluding hydrogens is 268 g/mol. The summed E-state index contributed by atoms with van der Waals surface area (Å²) in [5, 5.41) is 9.26. The lowest BCUT2D eigenvalue weighted by atomic mass is 10.1. The van der Waals surface area contributed by atoms with Crippen LogP contribution in [0.3, 0.4) is 0 Å². The van der Waals surface area contributed by atoms with Gasteiger partial charge in [-0.25, -0.2) is 4.79 Å². The van der Waals surface area contributed by atoms with E-state index in [9.17, 15) is 9.90 Å². The van der Waals surface area contributed by atoms with E-state index in [-0.39, 0.29) is 5.57 Å². The van der Waals surface area contributed by atoms with E-state index in [2.05, 4.69) is 0 Å². The van der Waals surface area contributed by atoms with Crippen LogP contribution in [0.5, 0.6) is 5.75 Å². The molecule has 21 heavy (non-hydrogen) atoms. The first-order chi connectivity index (χ1) is 10.2. The Bertz CT molecular complexity index is 632. The second kappa shape index (κ2) is 7.14. The summed E-state index contributed by atoms with van der Waals surface area (Å²) in [6.45, 7) is 0.373. The largest absolute Gasteiger partial charge is 0.503 e. The molecule has 0 saturated heterocycles. The molecule has 0 amide bonds. The second-order valence-electron chi connectivity index (χ2n) is 4.34. The number of carbonyl (C=O) groups is 1. The molecule has 0 unspecified atom stereocenters. The van der Waals surface area contributed by atoms with Crippen molar-refractivity contribution < 1.29 is 19.4 Å². The molecule has 0 fully saturated rings. The summed E-state index contributed by atoms with van der Waals surface area (Å²) in [4.78, 5) is 11.3. The van der Waals surface area contributed by atoms with Gasteiger partial charge in [0.1, 0.15) is 17.9 Å².